The summed E-state index contributed by atoms with van der Waals surface area (Å²) in [5.74, 6) is -0.0792. The summed E-state index contributed by atoms with van der Waals surface area (Å²) in [6.07, 6.45) is -2.68. The van der Waals surface area contributed by atoms with E-state index in [1.54, 1.807) is 6.92 Å². The van der Waals surface area contributed by atoms with Gasteiger partial charge in [0, 0.05) is 23.4 Å². The molecule has 0 aliphatic heterocycles. The summed E-state index contributed by atoms with van der Waals surface area (Å²) >= 11 is 6.88. The Balaban J connectivity index is 1.92. The average Bonchev–Trinajstić information content (AvgIpc) is 2.62. The minimum absolute atomic E-state index is 0.120. The van der Waals surface area contributed by atoms with Crippen LogP contribution in [0.2, 0.25) is 5.02 Å². The van der Waals surface area contributed by atoms with Crippen LogP contribution >= 0.6 is 23.4 Å². The Morgan fingerprint density at radius 2 is 1.93 bits per heavy atom. The number of alkyl halides is 3. The highest BCUT2D eigenvalue weighted by Gasteiger charge is 2.34. The van der Waals surface area contributed by atoms with Gasteiger partial charge in [0.1, 0.15) is 0 Å². The van der Waals surface area contributed by atoms with Crippen LogP contribution in [0.1, 0.15) is 45.1 Å². The standard InChI is InChI=1S/C20H23ClF3NO3S/c1-3-7-28-25-12(2)19-17(26)9-13(10-18(19)27)6-8-29-14-4-5-16(21)15(11-14)20(22,23)24/h4-5,11,13,25H,3,6-10H2,1-2H3. The van der Waals surface area contributed by atoms with E-state index in [0.29, 0.717) is 29.4 Å². The average molecular weight is 450 g/mol. The van der Waals surface area contributed by atoms with Gasteiger partial charge in [-0.25, -0.2) is 0 Å². The van der Waals surface area contributed by atoms with Crippen molar-refractivity contribution < 1.29 is 27.6 Å². The Hall–Kier alpha value is -1.51. The lowest BCUT2D eigenvalue weighted by Gasteiger charge is -2.23. The van der Waals surface area contributed by atoms with E-state index in [9.17, 15) is 22.8 Å². The van der Waals surface area contributed by atoms with Crippen LogP contribution in [0.15, 0.2) is 34.4 Å². The number of halogens is 4. The summed E-state index contributed by atoms with van der Waals surface area (Å²) in [7, 11) is 0. The summed E-state index contributed by atoms with van der Waals surface area (Å²) in [6, 6.07) is 3.79. The van der Waals surface area contributed by atoms with Gasteiger partial charge in [0.25, 0.3) is 0 Å². The van der Waals surface area contributed by atoms with Gasteiger partial charge in [-0.15, -0.1) is 11.8 Å². The molecule has 1 aromatic rings. The minimum Gasteiger partial charge on any atom is -0.294 e. The molecular formula is C20H23ClF3NO3S. The molecule has 0 spiro atoms. The highest BCUT2D eigenvalue weighted by molar-refractivity contribution is 7.99. The molecule has 2 rings (SSSR count). The summed E-state index contributed by atoms with van der Waals surface area (Å²) in [4.78, 5) is 30.4. The van der Waals surface area contributed by atoms with Gasteiger partial charge in [0.2, 0.25) is 0 Å². The van der Waals surface area contributed by atoms with E-state index in [4.69, 9.17) is 16.4 Å². The first-order valence-corrected chi connectivity index (χ1v) is 10.6. The van der Waals surface area contributed by atoms with Crippen molar-refractivity contribution in [2.75, 3.05) is 12.4 Å². The molecule has 1 saturated carbocycles. The van der Waals surface area contributed by atoms with Gasteiger partial charge in [0.05, 0.1) is 22.8 Å². The molecule has 1 aliphatic carbocycles. The smallest absolute Gasteiger partial charge is 0.294 e. The van der Waals surface area contributed by atoms with Crippen molar-refractivity contribution in [1.29, 1.82) is 0 Å². The second-order valence-corrected chi connectivity index (χ2v) is 8.42. The van der Waals surface area contributed by atoms with Crippen LogP contribution in [-0.4, -0.2) is 23.9 Å². The van der Waals surface area contributed by atoms with Gasteiger partial charge in [-0.1, -0.05) is 18.5 Å². The molecule has 4 nitrogen and oxygen atoms in total. The molecule has 0 bridgehead atoms. The molecule has 0 amide bonds. The monoisotopic (exact) mass is 449 g/mol. The van der Waals surface area contributed by atoms with Gasteiger partial charge in [-0.3, -0.25) is 19.9 Å². The van der Waals surface area contributed by atoms with E-state index in [2.05, 4.69) is 5.48 Å². The summed E-state index contributed by atoms with van der Waals surface area (Å²) in [5, 5.41) is -0.337. The SMILES string of the molecule is CCCONC(C)=C1C(=O)CC(CCSc2ccc(Cl)c(C(F)(F)F)c2)CC1=O. The number of Topliss-reactive ketones (excluding diaryl/α,β-unsaturated/α-hetero) is 2. The van der Waals surface area contributed by atoms with Crippen LogP contribution in [0.5, 0.6) is 0 Å². The van der Waals surface area contributed by atoms with Gasteiger partial charge < -0.3 is 0 Å². The molecular weight excluding hydrogens is 427 g/mol. The molecule has 1 aliphatic rings. The maximum atomic E-state index is 12.9. The first-order valence-electron chi connectivity index (χ1n) is 9.28. The summed E-state index contributed by atoms with van der Waals surface area (Å²) in [6.45, 7) is 4.04. The molecule has 0 unspecified atom stereocenters. The van der Waals surface area contributed by atoms with Crippen molar-refractivity contribution in [2.24, 2.45) is 5.92 Å². The van der Waals surface area contributed by atoms with Crippen LogP contribution in [0.3, 0.4) is 0 Å². The van der Waals surface area contributed by atoms with Crippen LogP contribution in [-0.2, 0) is 20.6 Å². The minimum atomic E-state index is -4.51. The molecule has 0 aromatic heterocycles. The molecule has 29 heavy (non-hydrogen) atoms. The Labute approximate surface area is 177 Å². The van der Waals surface area contributed by atoms with Crippen molar-refractivity contribution in [1.82, 2.24) is 5.48 Å². The molecule has 0 radical (unpaired) electrons. The number of thioether (sulfide) groups is 1. The normalized spacial score (nSPS) is 17.6. The fraction of sp³-hybridized carbons (Fsp3) is 0.500. The topological polar surface area (TPSA) is 55.4 Å². The molecule has 9 heteroatoms. The van der Waals surface area contributed by atoms with E-state index in [1.807, 2.05) is 6.92 Å². The zero-order chi connectivity index (χ0) is 21.6. The van der Waals surface area contributed by atoms with Crippen molar-refractivity contribution in [3.63, 3.8) is 0 Å². The zero-order valence-electron chi connectivity index (χ0n) is 16.2. The lowest BCUT2D eigenvalue weighted by molar-refractivity contribution is -0.137. The van der Waals surface area contributed by atoms with E-state index in [0.717, 1.165) is 12.5 Å². The lowest BCUT2D eigenvalue weighted by Crippen LogP contribution is -2.30. The van der Waals surface area contributed by atoms with Crippen LogP contribution in [0.4, 0.5) is 13.2 Å². The number of nitrogens with one attached hydrogen (secondary N) is 1. The highest BCUT2D eigenvalue weighted by atomic mass is 35.5. The van der Waals surface area contributed by atoms with Crippen molar-refractivity contribution in [3.8, 4) is 0 Å². The highest BCUT2D eigenvalue weighted by Crippen LogP contribution is 2.37. The largest absolute Gasteiger partial charge is 0.417 e. The summed E-state index contributed by atoms with van der Waals surface area (Å²) in [5.41, 5.74) is 2.35. The molecule has 1 fully saturated rings. The molecule has 0 saturated heterocycles. The van der Waals surface area contributed by atoms with Crippen molar-refractivity contribution in [2.45, 2.75) is 50.6 Å². The van der Waals surface area contributed by atoms with Gasteiger partial charge in [0.15, 0.2) is 11.6 Å². The zero-order valence-corrected chi connectivity index (χ0v) is 17.8. The molecule has 1 N–H and O–H groups in total. The van der Waals surface area contributed by atoms with Crippen LogP contribution in [0, 0.1) is 5.92 Å². The fourth-order valence-electron chi connectivity index (χ4n) is 3.05. The van der Waals surface area contributed by atoms with E-state index < -0.39 is 11.7 Å². The number of hydrogen-bond acceptors (Lipinski definition) is 5. The quantitative estimate of drug-likeness (QED) is 0.184. The predicted molar refractivity (Wildman–Crippen MR) is 107 cm³/mol. The van der Waals surface area contributed by atoms with E-state index >= 15 is 0 Å². The fourth-order valence-corrected chi connectivity index (χ4v) is 4.32. The number of carbonyl (C=O) groups is 2. The van der Waals surface area contributed by atoms with E-state index in [-0.39, 0.29) is 40.9 Å². The Kier molecular flexibility index (Phi) is 8.60. The van der Waals surface area contributed by atoms with Crippen LogP contribution in [0.25, 0.3) is 0 Å². The van der Waals surface area contributed by atoms with Crippen LogP contribution < -0.4 is 5.48 Å². The van der Waals surface area contributed by atoms with Gasteiger partial charge in [-0.2, -0.15) is 13.2 Å². The number of ketones is 2. The number of hydrogen-bond donors (Lipinski definition) is 1. The first kappa shape index (κ1) is 23.8. The number of allylic oxidation sites excluding steroid dienone is 2. The Morgan fingerprint density at radius 1 is 1.28 bits per heavy atom. The molecule has 160 valence electrons. The predicted octanol–water partition coefficient (Wildman–Crippen LogP) is 5.59. The van der Waals surface area contributed by atoms with Crippen molar-refractivity contribution in [3.05, 3.63) is 40.1 Å². The van der Waals surface area contributed by atoms with Gasteiger partial charge in [-0.05, 0) is 49.6 Å². The molecule has 0 heterocycles. The van der Waals surface area contributed by atoms with Crippen molar-refractivity contribution >= 4 is 34.9 Å². The van der Waals surface area contributed by atoms with Gasteiger partial charge >= 0.3 is 6.18 Å². The molecule has 1 aromatic carbocycles. The number of benzene rings is 1. The second kappa shape index (κ2) is 10.5. The Bertz CT molecular complexity index is 776. The maximum Gasteiger partial charge on any atom is 0.417 e. The van der Waals surface area contributed by atoms with E-state index in [1.165, 1.54) is 23.9 Å². The lowest BCUT2D eigenvalue weighted by atomic mass is 9.82. The second-order valence-electron chi connectivity index (χ2n) is 6.85. The molecule has 0 atom stereocenters. The number of hydroxylamine groups is 1. The number of rotatable bonds is 8. The first-order chi connectivity index (χ1) is 13.6. The third-order valence-electron chi connectivity index (χ3n) is 4.45. The third kappa shape index (κ3) is 6.76. The Morgan fingerprint density at radius 3 is 2.52 bits per heavy atom. The number of carbonyl (C=O) groups excluding carboxylic acids is 2. The third-order valence-corrected chi connectivity index (χ3v) is 5.81. The summed E-state index contributed by atoms with van der Waals surface area (Å²) < 4.78 is 38.8. The maximum absolute atomic E-state index is 12.9.